The van der Waals surface area contributed by atoms with E-state index in [0.717, 1.165) is 6.07 Å². The van der Waals surface area contributed by atoms with E-state index in [1.807, 2.05) is 0 Å². The van der Waals surface area contributed by atoms with Gasteiger partial charge in [-0.25, -0.2) is 12.8 Å². The molecular formula is C13H10Br2FNO3S. The fraction of sp³-hybridized carbons (Fsp3) is 0.0769. The summed E-state index contributed by atoms with van der Waals surface area (Å²) in [6.45, 7) is -0.292. The number of hydrogen-bond donors (Lipinski definition) is 2. The lowest BCUT2D eigenvalue weighted by Gasteiger charge is -2.12. The van der Waals surface area contributed by atoms with Crippen molar-refractivity contribution in [2.75, 3.05) is 4.72 Å². The molecule has 4 nitrogen and oxygen atoms in total. The second-order valence-corrected chi connectivity index (χ2v) is 7.48. The van der Waals surface area contributed by atoms with Gasteiger partial charge in [-0.05, 0) is 61.7 Å². The summed E-state index contributed by atoms with van der Waals surface area (Å²) in [6.07, 6.45) is 0. The van der Waals surface area contributed by atoms with Gasteiger partial charge >= 0.3 is 0 Å². The molecule has 2 rings (SSSR count). The first-order chi connectivity index (χ1) is 9.85. The Kier molecular flexibility index (Phi) is 5.03. The topological polar surface area (TPSA) is 66.4 Å². The summed E-state index contributed by atoms with van der Waals surface area (Å²) in [4.78, 5) is -0.0794. The van der Waals surface area contributed by atoms with Crippen LogP contribution in [0.4, 0.5) is 10.1 Å². The maximum absolute atomic E-state index is 13.7. The van der Waals surface area contributed by atoms with E-state index >= 15 is 0 Å². The molecule has 0 atom stereocenters. The van der Waals surface area contributed by atoms with Gasteiger partial charge in [0.25, 0.3) is 10.0 Å². The van der Waals surface area contributed by atoms with E-state index in [1.54, 1.807) is 6.07 Å². The van der Waals surface area contributed by atoms with E-state index in [-0.39, 0.29) is 17.2 Å². The third-order valence-electron chi connectivity index (χ3n) is 2.67. The van der Waals surface area contributed by atoms with E-state index in [9.17, 15) is 12.8 Å². The van der Waals surface area contributed by atoms with Gasteiger partial charge in [-0.15, -0.1) is 0 Å². The molecule has 2 N–H and O–H groups in total. The Morgan fingerprint density at radius 2 is 1.86 bits per heavy atom. The second kappa shape index (κ2) is 6.43. The van der Waals surface area contributed by atoms with Crippen LogP contribution in [0.2, 0.25) is 0 Å². The maximum Gasteiger partial charge on any atom is 0.263 e. The van der Waals surface area contributed by atoms with Crippen molar-refractivity contribution in [2.24, 2.45) is 0 Å². The Morgan fingerprint density at radius 3 is 2.48 bits per heavy atom. The highest BCUT2D eigenvalue weighted by molar-refractivity contribution is 9.11. The zero-order valence-electron chi connectivity index (χ0n) is 10.5. The normalized spacial score (nSPS) is 11.4. The van der Waals surface area contributed by atoms with E-state index in [2.05, 4.69) is 36.6 Å². The van der Waals surface area contributed by atoms with Crippen molar-refractivity contribution in [3.63, 3.8) is 0 Å². The van der Waals surface area contributed by atoms with Crippen molar-refractivity contribution >= 4 is 47.6 Å². The number of nitrogens with one attached hydrogen (secondary N) is 1. The Morgan fingerprint density at radius 1 is 1.14 bits per heavy atom. The molecule has 112 valence electrons. The van der Waals surface area contributed by atoms with E-state index in [0.29, 0.717) is 14.5 Å². The number of sulfonamides is 1. The highest BCUT2D eigenvalue weighted by Crippen LogP contribution is 2.30. The third kappa shape index (κ3) is 3.63. The smallest absolute Gasteiger partial charge is 0.263 e. The Labute approximate surface area is 138 Å². The molecule has 0 aliphatic heterocycles. The lowest BCUT2D eigenvalue weighted by molar-refractivity contribution is 0.281. The lowest BCUT2D eigenvalue weighted by Crippen LogP contribution is -2.15. The molecule has 8 heteroatoms. The number of halogens is 3. The summed E-state index contributed by atoms with van der Waals surface area (Å²) in [5.41, 5.74) is 0.268. The van der Waals surface area contributed by atoms with Crippen LogP contribution in [-0.4, -0.2) is 13.5 Å². The van der Waals surface area contributed by atoms with Crippen molar-refractivity contribution < 1.29 is 17.9 Å². The van der Waals surface area contributed by atoms with Gasteiger partial charge in [0.1, 0.15) is 10.7 Å². The molecular weight excluding hydrogens is 429 g/mol. The van der Waals surface area contributed by atoms with Crippen molar-refractivity contribution in [2.45, 2.75) is 11.5 Å². The number of benzene rings is 2. The van der Waals surface area contributed by atoms with E-state index in [4.69, 9.17) is 5.11 Å². The van der Waals surface area contributed by atoms with Crippen LogP contribution < -0.4 is 4.72 Å². The molecule has 0 amide bonds. The lowest BCUT2D eigenvalue weighted by atomic mass is 10.2. The number of anilines is 1. The summed E-state index contributed by atoms with van der Waals surface area (Å²) >= 11 is 6.24. The summed E-state index contributed by atoms with van der Waals surface area (Å²) in [7, 11) is -4.00. The minimum Gasteiger partial charge on any atom is -0.392 e. The van der Waals surface area contributed by atoms with Gasteiger partial charge in [-0.3, -0.25) is 4.72 Å². The molecule has 0 radical (unpaired) electrons. The van der Waals surface area contributed by atoms with Gasteiger partial charge < -0.3 is 5.11 Å². The highest BCUT2D eigenvalue weighted by Gasteiger charge is 2.21. The average molecular weight is 439 g/mol. The van der Waals surface area contributed by atoms with Crippen molar-refractivity contribution in [3.8, 4) is 0 Å². The minimum absolute atomic E-state index is 0.0794. The number of para-hydroxylation sites is 1. The minimum atomic E-state index is -4.00. The number of hydrogen-bond acceptors (Lipinski definition) is 3. The molecule has 2 aromatic carbocycles. The molecule has 0 aromatic heterocycles. The first kappa shape index (κ1) is 16.4. The van der Waals surface area contributed by atoms with Crippen LogP contribution in [-0.2, 0) is 16.6 Å². The number of rotatable bonds is 4. The van der Waals surface area contributed by atoms with Crippen LogP contribution in [0.15, 0.2) is 50.2 Å². The van der Waals surface area contributed by atoms with Gasteiger partial charge in [0.2, 0.25) is 0 Å². The molecule has 0 aliphatic rings. The quantitative estimate of drug-likeness (QED) is 0.765. The largest absolute Gasteiger partial charge is 0.392 e. The molecule has 2 aromatic rings. The Bertz CT molecular complexity index is 761. The van der Waals surface area contributed by atoms with Crippen LogP contribution in [0.1, 0.15) is 5.56 Å². The fourth-order valence-electron chi connectivity index (χ4n) is 1.64. The predicted octanol–water partition coefficient (Wildman–Crippen LogP) is 3.64. The average Bonchev–Trinajstić information content (AvgIpc) is 2.43. The number of aliphatic hydroxyl groups is 1. The second-order valence-electron chi connectivity index (χ2n) is 4.13. The van der Waals surface area contributed by atoms with Crippen molar-refractivity contribution in [1.29, 1.82) is 0 Å². The van der Waals surface area contributed by atoms with Crippen LogP contribution in [0.5, 0.6) is 0 Å². The predicted molar refractivity (Wildman–Crippen MR) is 85.0 cm³/mol. The van der Waals surface area contributed by atoms with Gasteiger partial charge in [0.05, 0.1) is 12.3 Å². The summed E-state index contributed by atoms with van der Waals surface area (Å²) < 4.78 is 41.3. The summed E-state index contributed by atoms with van der Waals surface area (Å²) in [5.74, 6) is -0.692. The van der Waals surface area contributed by atoms with E-state index in [1.165, 1.54) is 24.3 Å². The van der Waals surface area contributed by atoms with Crippen molar-refractivity contribution in [3.05, 3.63) is 56.7 Å². The zero-order valence-corrected chi connectivity index (χ0v) is 14.5. The molecule has 0 heterocycles. The molecule has 0 saturated heterocycles. The van der Waals surface area contributed by atoms with Crippen molar-refractivity contribution in [1.82, 2.24) is 0 Å². The van der Waals surface area contributed by atoms with Gasteiger partial charge in [-0.2, -0.15) is 0 Å². The summed E-state index contributed by atoms with van der Waals surface area (Å²) in [5, 5.41) is 9.10. The fourth-order valence-corrected chi connectivity index (χ4v) is 4.31. The highest BCUT2D eigenvalue weighted by atomic mass is 79.9. The maximum atomic E-state index is 13.7. The van der Waals surface area contributed by atoms with Crippen LogP contribution >= 0.6 is 31.9 Å². The van der Waals surface area contributed by atoms with Crippen LogP contribution in [0, 0.1) is 5.82 Å². The molecule has 0 saturated carbocycles. The molecule has 0 bridgehead atoms. The Hall–Kier alpha value is -0.960. The van der Waals surface area contributed by atoms with Crippen LogP contribution in [0.25, 0.3) is 0 Å². The monoisotopic (exact) mass is 437 g/mol. The molecule has 21 heavy (non-hydrogen) atoms. The molecule has 0 fully saturated rings. The zero-order chi connectivity index (χ0) is 15.6. The first-order valence-corrected chi connectivity index (χ1v) is 8.78. The van der Waals surface area contributed by atoms with Gasteiger partial charge in [-0.1, -0.05) is 12.1 Å². The first-order valence-electron chi connectivity index (χ1n) is 5.71. The standard InChI is InChI=1S/C13H10Br2FNO3S/c14-9-5-4-8(7-18)6-12(9)21(19,20)17-13-10(15)2-1-3-11(13)16/h1-6,17-18H,7H2. The SMILES string of the molecule is O=S(=O)(Nc1c(F)cccc1Br)c1cc(CO)ccc1Br. The van der Waals surface area contributed by atoms with Gasteiger partial charge in [0, 0.05) is 8.95 Å². The molecule has 0 spiro atoms. The number of aliphatic hydroxyl groups excluding tert-OH is 1. The van der Waals surface area contributed by atoms with Crippen LogP contribution in [0.3, 0.4) is 0 Å². The Balaban J connectivity index is 2.48. The summed E-state index contributed by atoms with van der Waals surface area (Å²) in [6, 6.07) is 8.56. The molecule has 0 unspecified atom stereocenters. The molecule has 0 aliphatic carbocycles. The third-order valence-corrected chi connectivity index (χ3v) is 5.67. The van der Waals surface area contributed by atoms with Gasteiger partial charge in [0.15, 0.2) is 0 Å². The van der Waals surface area contributed by atoms with E-state index < -0.39 is 15.8 Å².